The van der Waals surface area contributed by atoms with Crippen LogP contribution in [0.25, 0.3) is 17.1 Å². The van der Waals surface area contributed by atoms with Gasteiger partial charge < -0.3 is 10.6 Å². The highest BCUT2D eigenvalue weighted by Crippen LogP contribution is 2.33. The molecule has 0 unspecified atom stereocenters. The highest BCUT2D eigenvalue weighted by atomic mass is 32.2. The van der Waals surface area contributed by atoms with Gasteiger partial charge in [0.1, 0.15) is 5.69 Å². The molecule has 4 aromatic rings. The second-order valence-corrected chi connectivity index (χ2v) is 10.4. The summed E-state index contributed by atoms with van der Waals surface area (Å²) in [5.74, 6) is -0.618. The van der Waals surface area contributed by atoms with Crippen molar-refractivity contribution in [3.8, 4) is 0 Å². The Bertz CT molecular complexity index is 1650. The minimum absolute atomic E-state index is 0.0206. The molecule has 3 aromatic carbocycles. The summed E-state index contributed by atoms with van der Waals surface area (Å²) in [6.45, 7) is 2.68. The van der Waals surface area contributed by atoms with Crippen molar-refractivity contribution in [3.05, 3.63) is 82.3 Å². The number of thioether (sulfide) groups is 1. The first-order valence-electron chi connectivity index (χ1n) is 13.3. The van der Waals surface area contributed by atoms with E-state index in [1.54, 1.807) is 36.4 Å². The van der Waals surface area contributed by atoms with Gasteiger partial charge in [0.25, 0.3) is 17.1 Å². The van der Waals surface area contributed by atoms with Crippen molar-refractivity contribution in [2.75, 3.05) is 23.6 Å². The second-order valence-electron chi connectivity index (χ2n) is 9.45. The lowest BCUT2D eigenvalue weighted by molar-refractivity contribution is -0.122. The van der Waals surface area contributed by atoms with Crippen molar-refractivity contribution in [1.82, 2.24) is 20.5 Å². The molecule has 0 atom stereocenters. The number of benzene rings is 3. The van der Waals surface area contributed by atoms with Gasteiger partial charge in [-0.05, 0) is 82.8 Å². The van der Waals surface area contributed by atoms with E-state index in [0.717, 1.165) is 23.7 Å². The fourth-order valence-electron chi connectivity index (χ4n) is 4.44. The number of aromatic nitrogens is 2. The monoisotopic (exact) mass is 588 g/mol. The topological polar surface area (TPSA) is 161 Å². The Labute approximate surface area is 244 Å². The van der Waals surface area contributed by atoms with E-state index in [0.29, 0.717) is 41.2 Å². The van der Waals surface area contributed by atoms with Crippen molar-refractivity contribution in [1.29, 1.82) is 0 Å². The number of rotatable bonds is 11. The van der Waals surface area contributed by atoms with E-state index < -0.39 is 0 Å². The Kier molecular flexibility index (Phi) is 8.81. The Morgan fingerprint density at radius 1 is 1.00 bits per heavy atom. The van der Waals surface area contributed by atoms with E-state index in [4.69, 9.17) is 4.63 Å². The molecule has 12 nitrogen and oxygen atoms in total. The Balaban J connectivity index is 1.14. The number of amides is 3. The summed E-state index contributed by atoms with van der Waals surface area (Å²) in [5, 5.41) is 32.0. The van der Waals surface area contributed by atoms with Crippen LogP contribution in [0.5, 0.6) is 0 Å². The Morgan fingerprint density at radius 3 is 2.52 bits per heavy atom. The number of hydrogen-bond acceptors (Lipinski definition) is 11. The maximum absolute atomic E-state index is 13.0. The predicted molar refractivity (Wildman–Crippen MR) is 158 cm³/mol. The third kappa shape index (κ3) is 6.28. The van der Waals surface area contributed by atoms with Crippen LogP contribution in [-0.2, 0) is 11.2 Å². The second kappa shape index (κ2) is 12.9. The average Bonchev–Trinajstić information content (AvgIpc) is 3.58. The maximum atomic E-state index is 13.0. The van der Waals surface area contributed by atoms with Gasteiger partial charge in [0.2, 0.25) is 0 Å². The van der Waals surface area contributed by atoms with Crippen LogP contribution in [-0.4, -0.2) is 55.8 Å². The van der Waals surface area contributed by atoms with E-state index in [-0.39, 0.29) is 45.5 Å². The minimum Gasteiger partial charge on any atom is -0.353 e. The first kappa shape index (κ1) is 28.8. The van der Waals surface area contributed by atoms with Crippen LogP contribution in [0.3, 0.4) is 0 Å². The van der Waals surface area contributed by atoms with Crippen LogP contribution in [0.4, 0.5) is 21.9 Å². The summed E-state index contributed by atoms with van der Waals surface area (Å²) in [4.78, 5) is 39.9. The van der Waals surface area contributed by atoms with Gasteiger partial charge in [0, 0.05) is 13.1 Å². The number of hydrogen-bond donors (Lipinski definition) is 4. The van der Waals surface area contributed by atoms with Gasteiger partial charge in [0.15, 0.2) is 11.0 Å². The zero-order valence-corrected chi connectivity index (χ0v) is 23.4. The van der Waals surface area contributed by atoms with E-state index in [1.165, 1.54) is 16.5 Å². The van der Waals surface area contributed by atoms with Crippen molar-refractivity contribution in [2.24, 2.45) is 0 Å². The summed E-state index contributed by atoms with van der Waals surface area (Å²) in [7, 11) is 0. The number of unbranched alkanes of at least 4 members (excludes halogenated alkanes) is 1. The summed E-state index contributed by atoms with van der Waals surface area (Å²) >= 11 is 0.939. The molecule has 1 aromatic heterocycles. The molecule has 1 saturated heterocycles. The number of aryl methyl sites for hydroxylation is 1. The molecule has 3 amide bonds. The predicted octanol–water partition coefficient (Wildman–Crippen LogP) is 5.36. The van der Waals surface area contributed by atoms with Gasteiger partial charge in [-0.1, -0.05) is 43.3 Å². The molecule has 4 N–H and O–H groups in total. The van der Waals surface area contributed by atoms with E-state index >= 15 is 0 Å². The number of nitrogens with one attached hydrogen (secondary N) is 2. The first-order valence-corrected chi connectivity index (χ1v) is 14.1. The first-order chi connectivity index (χ1) is 20.4. The van der Waals surface area contributed by atoms with Crippen LogP contribution >= 0.6 is 11.8 Å². The third-order valence-electron chi connectivity index (χ3n) is 6.70. The van der Waals surface area contributed by atoms with Crippen LogP contribution < -0.4 is 15.9 Å². The quantitative estimate of drug-likeness (QED) is 0.101. The molecule has 0 saturated carbocycles. The molecule has 42 heavy (non-hydrogen) atoms. The Morgan fingerprint density at radius 2 is 1.76 bits per heavy atom. The van der Waals surface area contributed by atoms with Crippen LogP contribution in [0.1, 0.15) is 41.3 Å². The smallest absolute Gasteiger partial charge is 0.293 e. The van der Waals surface area contributed by atoms with Crippen molar-refractivity contribution in [3.63, 3.8) is 0 Å². The molecule has 1 fully saturated rings. The summed E-state index contributed by atoms with van der Waals surface area (Å²) in [6, 6.07) is 17.7. The number of fused-ring (bicyclic) bond motifs is 1. The number of nitrogens with zero attached hydrogens (tertiary/aromatic N) is 4. The lowest BCUT2D eigenvalue weighted by Crippen LogP contribution is -2.30. The van der Waals surface area contributed by atoms with E-state index in [9.17, 15) is 24.8 Å². The number of para-hydroxylation sites is 1. The SMILES string of the molecule is CCc1ccc(/C=C2\SC(=O)N(CCCCNC(=O)c3ccccc3Nc3ccc(N(O)O)c4nonc34)C2=O)cc1. The highest BCUT2D eigenvalue weighted by Gasteiger charge is 2.34. The van der Waals surface area contributed by atoms with Gasteiger partial charge in [0.05, 0.1) is 21.8 Å². The average molecular weight is 589 g/mol. The molecule has 216 valence electrons. The van der Waals surface area contributed by atoms with Crippen LogP contribution in [0.15, 0.2) is 70.2 Å². The molecule has 1 aliphatic heterocycles. The maximum Gasteiger partial charge on any atom is 0.293 e. The molecular weight excluding hydrogens is 560 g/mol. The van der Waals surface area contributed by atoms with Crippen molar-refractivity contribution in [2.45, 2.75) is 26.2 Å². The van der Waals surface area contributed by atoms with E-state index in [2.05, 4.69) is 27.9 Å². The number of anilines is 3. The fourth-order valence-corrected chi connectivity index (χ4v) is 5.30. The van der Waals surface area contributed by atoms with Gasteiger partial charge in [-0.25, -0.2) is 4.63 Å². The standard InChI is InChI=1S/C29H28N6O6S/c1-2-18-9-11-19(12-10-18)17-24-28(37)34(29(38)42-24)16-6-5-15-30-27(36)20-7-3-4-8-21(20)31-22-13-14-23(35(39)40)26-25(22)32-41-33-26/h3-4,7-14,17,31,39-40H,2,5-6,15-16H2,1H3,(H,30,36)/b24-17-. The lowest BCUT2D eigenvalue weighted by atomic mass is 10.1. The van der Waals surface area contributed by atoms with Gasteiger partial charge in [-0.15, -0.1) is 5.23 Å². The van der Waals surface area contributed by atoms with Crippen LogP contribution in [0.2, 0.25) is 0 Å². The number of carbonyl (C=O) groups excluding carboxylic acids is 3. The van der Waals surface area contributed by atoms with Crippen molar-refractivity contribution >= 4 is 63.0 Å². The molecule has 1 aliphatic rings. The molecule has 0 radical (unpaired) electrons. The summed E-state index contributed by atoms with van der Waals surface area (Å²) < 4.78 is 4.76. The zero-order valence-electron chi connectivity index (χ0n) is 22.6. The van der Waals surface area contributed by atoms with Crippen molar-refractivity contribution < 1.29 is 29.4 Å². The molecular formula is C29H28N6O6S. The fraction of sp³-hybridized carbons (Fsp3) is 0.207. The van der Waals surface area contributed by atoms with E-state index in [1.807, 2.05) is 24.3 Å². The summed E-state index contributed by atoms with van der Waals surface area (Å²) in [6.07, 6.45) is 3.76. The lowest BCUT2D eigenvalue weighted by Gasteiger charge is -2.14. The third-order valence-corrected chi connectivity index (χ3v) is 7.61. The Hall–Kier alpha value is -4.72. The molecule has 5 rings (SSSR count). The summed E-state index contributed by atoms with van der Waals surface area (Å²) in [5.41, 5.74) is 3.73. The van der Waals surface area contributed by atoms with Gasteiger partial charge in [-0.3, -0.25) is 29.7 Å². The molecule has 13 heteroatoms. The molecule has 0 aliphatic carbocycles. The van der Waals surface area contributed by atoms with Gasteiger partial charge in [-0.2, -0.15) is 0 Å². The molecule has 2 heterocycles. The number of imide groups is 1. The largest absolute Gasteiger partial charge is 0.353 e. The molecule has 0 bridgehead atoms. The minimum atomic E-state index is -0.315. The highest BCUT2D eigenvalue weighted by molar-refractivity contribution is 8.18. The van der Waals surface area contributed by atoms with Crippen LogP contribution in [0, 0.1) is 0 Å². The number of carbonyl (C=O) groups is 3. The normalized spacial score (nSPS) is 14.2. The van der Waals surface area contributed by atoms with Gasteiger partial charge >= 0.3 is 0 Å². The zero-order chi connectivity index (χ0) is 29.6. The molecule has 0 spiro atoms.